The smallest absolute Gasteiger partial charge is 0.274 e. The summed E-state index contributed by atoms with van der Waals surface area (Å²) in [6.07, 6.45) is 0. The second-order valence-corrected chi connectivity index (χ2v) is 7.46. The highest BCUT2D eigenvalue weighted by molar-refractivity contribution is 7.87. The van der Waals surface area contributed by atoms with Crippen molar-refractivity contribution in [1.29, 1.82) is 0 Å². The number of oxime groups is 1. The lowest BCUT2D eigenvalue weighted by Gasteiger charge is -2.08. The van der Waals surface area contributed by atoms with E-state index in [0.717, 1.165) is 0 Å². The molecule has 0 radical (unpaired) electrons. The van der Waals surface area contributed by atoms with E-state index in [9.17, 15) is 17.6 Å². The van der Waals surface area contributed by atoms with Gasteiger partial charge in [-0.05, 0) is 35.9 Å². The maximum Gasteiger partial charge on any atom is 0.274 e. The Hall–Kier alpha value is -3.15. The van der Waals surface area contributed by atoms with Gasteiger partial charge in [0, 0.05) is 12.1 Å². The Morgan fingerprint density at radius 2 is 2.07 bits per heavy atom. The fourth-order valence-corrected chi connectivity index (χ4v) is 3.47. The largest absolute Gasteiger partial charge is 0.399 e. The van der Waals surface area contributed by atoms with Crippen LogP contribution in [0.2, 0.25) is 0 Å². The zero-order chi connectivity index (χ0) is 20.1. The Morgan fingerprint density at radius 1 is 1.29 bits per heavy atom. The van der Waals surface area contributed by atoms with Gasteiger partial charge >= 0.3 is 0 Å². The lowest BCUT2D eigenvalue weighted by atomic mass is 10.1. The van der Waals surface area contributed by atoms with Crippen LogP contribution in [0.25, 0.3) is 16.6 Å². The first kappa shape index (κ1) is 18.2. The van der Waals surface area contributed by atoms with Gasteiger partial charge in [0.1, 0.15) is 12.9 Å². The van der Waals surface area contributed by atoms with Gasteiger partial charge in [0.05, 0.1) is 16.6 Å². The second-order valence-electron chi connectivity index (χ2n) is 6.08. The van der Waals surface area contributed by atoms with Gasteiger partial charge in [-0.3, -0.25) is 9.36 Å². The Morgan fingerprint density at radius 3 is 2.79 bits per heavy atom. The molecule has 4 rings (SSSR count). The second kappa shape index (κ2) is 6.48. The molecule has 0 saturated heterocycles. The van der Waals surface area contributed by atoms with Crippen LogP contribution in [-0.2, 0) is 21.6 Å². The number of nitrogens with two attached hydrogens (primary N) is 1. The lowest BCUT2D eigenvalue weighted by Crippen LogP contribution is -2.30. The number of hydrogen-bond donors (Lipinski definition) is 2. The summed E-state index contributed by atoms with van der Waals surface area (Å²) >= 11 is 0. The van der Waals surface area contributed by atoms with E-state index < -0.39 is 21.6 Å². The molecule has 0 amide bonds. The number of hydrogen-bond acceptors (Lipinski definition) is 6. The quantitative estimate of drug-likeness (QED) is 0.480. The first-order valence-corrected chi connectivity index (χ1v) is 9.58. The molecule has 0 unspecified atom stereocenters. The summed E-state index contributed by atoms with van der Waals surface area (Å²) in [5.41, 5.74) is 1.58. The predicted octanol–water partition coefficient (Wildman–Crippen LogP) is 0.530. The molecule has 1 aliphatic rings. The van der Waals surface area contributed by atoms with Gasteiger partial charge in [0.2, 0.25) is 0 Å². The first-order valence-electron chi connectivity index (χ1n) is 8.03. The van der Waals surface area contributed by atoms with E-state index in [1.54, 1.807) is 12.1 Å². The molecule has 144 valence electrons. The minimum absolute atomic E-state index is 0.0753. The standard InChI is InChI=1S/C17H14FN5O4S/c1-27-22-15-12-7-10(18)3-5-14(12)23-16(15)21-13-4-2-9(6-11(13)17(23)24)8-20-28(19,25)26/h2-7,20H,8H2,1H3,(H2,19,25,26)/b22-15-. The molecule has 28 heavy (non-hydrogen) atoms. The van der Waals surface area contributed by atoms with Crippen LogP contribution >= 0.6 is 0 Å². The SMILES string of the molecule is CO/N=C1/c2cc(F)ccc2-n2c1nc1ccc(CNS(N)(=O)=O)cc1c2=O. The van der Waals surface area contributed by atoms with Crippen molar-refractivity contribution in [3.8, 4) is 5.69 Å². The van der Waals surface area contributed by atoms with Gasteiger partial charge in [0.15, 0.2) is 11.5 Å². The van der Waals surface area contributed by atoms with Crippen LogP contribution in [0.5, 0.6) is 0 Å². The zero-order valence-electron chi connectivity index (χ0n) is 14.5. The number of rotatable bonds is 4. The third kappa shape index (κ3) is 3.05. The van der Waals surface area contributed by atoms with Crippen molar-refractivity contribution in [2.24, 2.45) is 10.3 Å². The summed E-state index contributed by atoms with van der Waals surface area (Å²) in [6.45, 7) is -0.0753. The molecule has 0 aliphatic carbocycles. The number of aromatic nitrogens is 2. The molecule has 0 bridgehead atoms. The molecule has 2 heterocycles. The summed E-state index contributed by atoms with van der Waals surface area (Å²) in [5.74, 6) is -0.250. The highest BCUT2D eigenvalue weighted by Gasteiger charge is 2.30. The van der Waals surface area contributed by atoms with Crippen LogP contribution in [0, 0.1) is 5.82 Å². The van der Waals surface area contributed by atoms with Crippen LogP contribution in [0.4, 0.5) is 4.39 Å². The Kier molecular flexibility index (Phi) is 4.22. The number of fused-ring (bicyclic) bond motifs is 4. The summed E-state index contributed by atoms with van der Waals surface area (Å²) in [6, 6.07) is 8.71. The van der Waals surface area contributed by atoms with Crippen LogP contribution in [-0.4, -0.2) is 30.8 Å². The fourth-order valence-electron chi connectivity index (χ4n) is 3.10. The van der Waals surface area contributed by atoms with E-state index >= 15 is 0 Å². The molecular formula is C17H14FN5O4S. The van der Waals surface area contributed by atoms with Gasteiger partial charge in [-0.1, -0.05) is 11.2 Å². The van der Waals surface area contributed by atoms with Crippen molar-refractivity contribution in [2.45, 2.75) is 6.54 Å². The fraction of sp³-hybridized carbons (Fsp3) is 0.118. The minimum atomic E-state index is -3.87. The molecule has 2 aromatic carbocycles. The predicted molar refractivity (Wildman–Crippen MR) is 99.9 cm³/mol. The van der Waals surface area contributed by atoms with E-state index in [1.807, 2.05) is 0 Å². The molecule has 0 spiro atoms. The van der Waals surface area contributed by atoms with Crippen LogP contribution in [0.3, 0.4) is 0 Å². The molecule has 9 nitrogen and oxygen atoms in total. The molecule has 0 saturated carbocycles. The van der Waals surface area contributed by atoms with Crippen molar-refractivity contribution in [1.82, 2.24) is 14.3 Å². The molecular weight excluding hydrogens is 389 g/mol. The number of benzene rings is 2. The monoisotopic (exact) mass is 403 g/mol. The minimum Gasteiger partial charge on any atom is -0.399 e. The van der Waals surface area contributed by atoms with E-state index in [4.69, 9.17) is 9.98 Å². The number of halogens is 1. The van der Waals surface area contributed by atoms with Crippen molar-refractivity contribution < 1.29 is 17.6 Å². The molecule has 0 atom stereocenters. The number of nitrogens with zero attached hydrogens (tertiary/aromatic N) is 3. The van der Waals surface area contributed by atoms with Crippen molar-refractivity contribution in [2.75, 3.05) is 7.11 Å². The van der Waals surface area contributed by atoms with Crippen LogP contribution < -0.4 is 15.4 Å². The van der Waals surface area contributed by atoms with Gasteiger partial charge in [-0.15, -0.1) is 0 Å². The molecule has 3 N–H and O–H groups in total. The lowest BCUT2D eigenvalue weighted by molar-refractivity contribution is 0.214. The molecule has 11 heteroatoms. The highest BCUT2D eigenvalue weighted by atomic mass is 32.2. The van der Waals surface area contributed by atoms with Crippen LogP contribution in [0.1, 0.15) is 17.0 Å². The van der Waals surface area contributed by atoms with Crippen molar-refractivity contribution >= 4 is 26.8 Å². The molecule has 3 aromatic rings. The average Bonchev–Trinajstić information content (AvgIpc) is 2.93. The Bertz CT molecular complexity index is 1320. The summed E-state index contributed by atoms with van der Waals surface area (Å²) in [5, 5.41) is 9.11. The van der Waals surface area contributed by atoms with Gasteiger partial charge < -0.3 is 4.84 Å². The van der Waals surface area contributed by atoms with Gasteiger partial charge in [0.25, 0.3) is 15.8 Å². The summed E-state index contributed by atoms with van der Waals surface area (Å²) in [7, 11) is -2.52. The topological polar surface area (TPSA) is 129 Å². The maximum atomic E-state index is 13.7. The van der Waals surface area contributed by atoms with Crippen molar-refractivity contribution in [3.63, 3.8) is 0 Å². The van der Waals surface area contributed by atoms with E-state index in [0.29, 0.717) is 22.3 Å². The molecule has 1 aliphatic heterocycles. The van der Waals surface area contributed by atoms with E-state index in [2.05, 4.69) is 14.9 Å². The van der Waals surface area contributed by atoms with Gasteiger partial charge in [-0.25, -0.2) is 14.5 Å². The Balaban J connectivity index is 1.94. The van der Waals surface area contributed by atoms with Gasteiger partial charge in [-0.2, -0.15) is 13.1 Å². The maximum absolute atomic E-state index is 13.7. The summed E-state index contributed by atoms with van der Waals surface area (Å²) < 4.78 is 39.4. The van der Waals surface area contributed by atoms with E-state index in [1.165, 1.54) is 35.9 Å². The van der Waals surface area contributed by atoms with Crippen molar-refractivity contribution in [3.05, 3.63) is 69.5 Å². The third-order valence-electron chi connectivity index (χ3n) is 4.26. The highest BCUT2D eigenvalue weighted by Crippen LogP contribution is 2.28. The summed E-state index contributed by atoms with van der Waals surface area (Å²) in [4.78, 5) is 22.5. The molecule has 0 fully saturated rings. The average molecular weight is 403 g/mol. The first-order chi connectivity index (χ1) is 13.3. The number of nitrogens with one attached hydrogen (secondary N) is 1. The Labute approximate surface area is 158 Å². The normalized spacial score (nSPS) is 14.3. The molecule has 1 aromatic heterocycles. The van der Waals surface area contributed by atoms with Crippen LogP contribution in [0.15, 0.2) is 46.3 Å². The van der Waals surface area contributed by atoms with E-state index in [-0.39, 0.29) is 23.5 Å². The zero-order valence-corrected chi connectivity index (χ0v) is 15.3. The third-order valence-corrected chi connectivity index (χ3v) is 4.81.